The molecule has 9 heteroatoms. The molecule has 2 aromatic rings. The van der Waals surface area contributed by atoms with Crippen LogP contribution in [0.1, 0.15) is 19.4 Å². The summed E-state index contributed by atoms with van der Waals surface area (Å²) < 4.78 is 1.04. The molecule has 0 radical (unpaired) electrons. The van der Waals surface area contributed by atoms with Crippen LogP contribution in [0.4, 0.5) is 11.4 Å². The van der Waals surface area contributed by atoms with Gasteiger partial charge in [0.15, 0.2) is 0 Å². The highest BCUT2D eigenvalue weighted by Gasteiger charge is 2.29. The standard InChI is InChI=1S/C14H13N3O6/c1-14(2,7-18)10-6-12(19)15(3)13-9(10)4-8(16(20)21)5-11(13)17(22)23/h4-7H,1-3H3. The number of aldehydes is 1. The smallest absolute Gasteiger partial charge is 0.300 e. The van der Waals surface area contributed by atoms with E-state index in [-0.39, 0.29) is 16.5 Å². The van der Waals surface area contributed by atoms with Crippen molar-refractivity contribution >= 4 is 28.6 Å². The largest absolute Gasteiger partial charge is 0.305 e. The summed E-state index contributed by atoms with van der Waals surface area (Å²) in [6, 6.07) is 3.12. The molecule has 0 fully saturated rings. The highest BCUT2D eigenvalue weighted by atomic mass is 16.6. The van der Waals surface area contributed by atoms with Gasteiger partial charge in [0.2, 0.25) is 0 Å². The molecule has 0 saturated heterocycles. The fraction of sp³-hybridized carbons (Fsp3) is 0.286. The van der Waals surface area contributed by atoms with Gasteiger partial charge in [0.1, 0.15) is 11.8 Å². The van der Waals surface area contributed by atoms with Crippen LogP contribution in [0.25, 0.3) is 10.9 Å². The summed E-state index contributed by atoms with van der Waals surface area (Å²) in [5.41, 5.74) is -2.56. The van der Waals surface area contributed by atoms with Crippen molar-refractivity contribution in [3.8, 4) is 0 Å². The van der Waals surface area contributed by atoms with E-state index in [4.69, 9.17) is 0 Å². The van der Waals surface area contributed by atoms with Crippen molar-refractivity contribution in [3.63, 3.8) is 0 Å². The minimum absolute atomic E-state index is 0.0574. The van der Waals surface area contributed by atoms with Crippen LogP contribution in [0.15, 0.2) is 23.0 Å². The van der Waals surface area contributed by atoms with Crippen LogP contribution in [0.2, 0.25) is 0 Å². The van der Waals surface area contributed by atoms with Crippen molar-refractivity contribution in [3.05, 3.63) is 54.3 Å². The number of nitro benzene ring substituents is 2. The maximum absolute atomic E-state index is 12.1. The first-order chi connectivity index (χ1) is 10.6. The number of fused-ring (bicyclic) bond motifs is 1. The van der Waals surface area contributed by atoms with E-state index in [0.29, 0.717) is 6.29 Å². The summed E-state index contributed by atoms with van der Waals surface area (Å²) in [7, 11) is 1.33. The molecule has 120 valence electrons. The number of benzene rings is 1. The van der Waals surface area contributed by atoms with Crippen LogP contribution in [0.5, 0.6) is 0 Å². The van der Waals surface area contributed by atoms with Crippen LogP contribution >= 0.6 is 0 Å². The predicted molar refractivity (Wildman–Crippen MR) is 81.6 cm³/mol. The molecule has 1 aromatic carbocycles. The third-order valence-electron chi connectivity index (χ3n) is 3.69. The molecule has 1 heterocycles. The Morgan fingerprint density at radius 2 is 1.74 bits per heavy atom. The van der Waals surface area contributed by atoms with Gasteiger partial charge in [0.25, 0.3) is 16.9 Å². The number of nitro groups is 2. The lowest BCUT2D eigenvalue weighted by Crippen LogP contribution is -2.26. The quantitative estimate of drug-likeness (QED) is 0.481. The van der Waals surface area contributed by atoms with Gasteiger partial charge in [-0.25, -0.2) is 0 Å². The second kappa shape index (κ2) is 5.27. The van der Waals surface area contributed by atoms with Crippen molar-refractivity contribution in [2.24, 2.45) is 7.05 Å². The molecular weight excluding hydrogens is 306 g/mol. The Balaban J connectivity index is 3.15. The molecule has 0 unspecified atom stereocenters. The summed E-state index contributed by atoms with van der Waals surface area (Å²) in [6.45, 7) is 3.05. The molecule has 0 aliphatic heterocycles. The van der Waals surface area contributed by atoms with Crippen molar-refractivity contribution in [1.82, 2.24) is 4.57 Å². The summed E-state index contributed by atoms with van der Waals surface area (Å²) in [4.78, 5) is 44.2. The maximum atomic E-state index is 12.1. The Bertz CT molecular complexity index is 913. The highest BCUT2D eigenvalue weighted by Crippen LogP contribution is 2.35. The third-order valence-corrected chi connectivity index (χ3v) is 3.69. The Morgan fingerprint density at radius 3 is 2.22 bits per heavy atom. The van der Waals surface area contributed by atoms with Gasteiger partial charge in [0, 0.05) is 30.0 Å². The van der Waals surface area contributed by atoms with Gasteiger partial charge in [-0.1, -0.05) is 0 Å². The summed E-state index contributed by atoms with van der Waals surface area (Å²) >= 11 is 0. The summed E-state index contributed by atoms with van der Waals surface area (Å²) in [6.07, 6.45) is 0.589. The average molecular weight is 319 g/mol. The number of pyridine rings is 1. The number of carbonyl (C=O) groups excluding carboxylic acids is 1. The molecule has 0 saturated carbocycles. The van der Waals surface area contributed by atoms with Crippen LogP contribution < -0.4 is 5.56 Å². The molecule has 2 rings (SSSR count). The lowest BCUT2D eigenvalue weighted by molar-refractivity contribution is -0.393. The molecule has 23 heavy (non-hydrogen) atoms. The van der Waals surface area contributed by atoms with Crippen molar-refractivity contribution < 1.29 is 14.6 Å². The topological polar surface area (TPSA) is 125 Å². The number of hydrogen-bond acceptors (Lipinski definition) is 6. The lowest BCUT2D eigenvalue weighted by Gasteiger charge is -2.20. The minimum atomic E-state index is -1.13. The molecule has 0 atom stereocenters. The van der Waals surface area contributed by atoms with Crippen molar-refractivity contribution in [2.75, 3.05) is 0 Å². The Hall–Kier alpha value is -3.10. The fourth-order valence-corrected chi connectivity index (χ4v) is 2.41. The van der Waals surface area contributed by atoms with Crippen LogP contribution in [-0.4, -0.2) is 20.7 Å². The van der Waals surface area contributed by atoms with Crippen LogP contribution in [0.3, 0.4) is 0 Å². The normalized spacial score (nSPS) is 11.4. The highest BCUT2D eigenvalue weighted by molar-refractivity contribution is 5.95. The fourth-order valence-electron chi connectivity index (χ4n) is 2.41. The molecule has 0 aliphatic rings. The van der Waals surface area contributed by atoms with E-state index >= 15 is 0 Å². The molecule has 0 aliphatic carbocycles. The van der Waals surface area contributed by atoms with Crippen LogP contribution in [0, 0.1) is 20.2 Å². The van der Waals surface area contributed by atoms with Gasteiger partial charge in [-0.2, -0.15) is 0 Å². The van der Waals surface area contributed by atoms with E-state index < -0.39 is 32.2 Å². The molecule has 0 bridgehead atoms. The minimum Gasteiger partial charge on any atom is -0.305 e. The zero-order chi connectivity index (χ0) is 17.5. The zero-order valence-corrected chi connectivity index (χ0v) is 12.6. The van der Waals surface area contributed by atoms with Crippen LogP contribution in [-0.2, 0) is 17.3 Å². The Kier molecular flexibility index (Phi) is 3.73. The van der Waals surface area contributed by atoms with Gasteiger partial charge in [-0.3, -0.25) is 25.0 Å². The number of aryl methyl sites for hydroxylation is 1. The first kappa shape index (κ1) is 16.3. The first-order valence-electron chi connectivity index (χ1n) is 6.53. The van der Waals surface area contributed by atoms with Gasteiger partial charge < -0.3 is 9.36 Å². The van der Waals surface area contributed by atoms with E-state index in [2.05, 4.69) is 0 Å². The molecular formula is C14H13N3O6. The zero-order valence-electron chi connectivity index (χ0n) is 12.6. The molecule has 9 nitrogen and oxygen atoms in total. The number of rotatable bonds is 4. The van der Waals surface area contributed by atoms with E-state index in [0.717, 1.165) is 16.7 Å². The van der Waals surface area contributed by atoms with E-state index in [9.17, 15) is 29.8 Å². The number of carbonyl (C=O) groups is 1. The lowest BCUT2D eigenvalue weighted by atomic mass is 9.84. The van der Waals surface area contributed by atoms with E-state index in [1.165, 1.54) is 27.0 Å². The van der Waals surface area contributed by atoms with Crippen molar-refractivity contribution in [1.29, 1.82) is 0 Å². The third kappa shape index (κ3) is 2.56. The van der Waals surface area contributed by atoms with Gasteiger partial charge in [0.05, 0.1) is 15.9 Å². The van der Waals surface area contributed by atoms with Gasteiger partial charge >= 0.3 is 0 Å². The van der Waals surface area contributed by atoms with Gasteiger partial charge in [-0.05, 0) is 19.4 Å². The molecule has 0 spiro atoms. The number of aromatic nitrogens is 1. The Morgan fingerprint density at radius 1 is 1.13 bits per heavy atom. The molecule has 0 amide bonds. The number of non-ortho nitro benzene ring substituents is 2. The second-order valence-corrected chi connectivity index (χ2v) is 5.67. The van der Waals surface area contributed by atoms with Gasteiger partial charge in [-0.15, -0.1) is 0 Å². The van der Waals surface area contributed by atoms with Crippen molar-refractivity contribution in [2.45, 2.75) is 19.3 Å². The first-order valence-corrected chi connectivity index (χ1v) is 6.53. The molecule has 1 aromatic heterocycles. The maximum Gasteiger partial charge on any atom is 0.300 e. The summed E-state index contributed by atoms with van der Waals surface area (Å²) in [5.74, 6) is 0. The predicted octanol–water partition coefficient (Wildman–Crippen LogP) is 1.83. The van der Waals surface area contributed by atoms with E-state index in [1.54, 1.807) is 0 Å². The Labute approximate surface area is 129 Å². The van der Waals surface area contributed by atoms with E-state index in [1.807, 2.05) is 0 Å². The number of nitrogens with zero attached hydrogens (tertiary/aromatic N) is 3. The average Bonchev–Trinajstić information content (AvgIpc) is 2.49. The summed E-state index contributed by atoms with van der Waals surface area (Å²) in [5, 5.41) is 22.5. The SMILES string of the molecule is Cn1c(=O)cc(C(C)(C)C=O)c2cc([N+](=O)[O-])cc([N+](=O)[O-])c21. The second-order valence-electron chi connectivity index (χ2n) is 5.67. The number of hydrogen-bond donors (Lipinski definition) is 0. The molecule has 0 N–H and O–H groups in total. The monoisotopic (exact) mass is 319 g/mol.